The van der Waals surface area contributed by atoms with Crippen LogP contribution in [0.3, 0.4) is 0 Å². The lowest BCUT2D eigenvalue weighted by Gasteiger charge is -2.14. The maximum Gasteiger partial charge on any atom is 0.135 e. The summed E-state index contributed by atoms with van der Waals surface area (Å²) in [5, 5.41) is 6.78. The first-order chi connectivity index (χ1) is 10.2. The SMILES string of the molecule is CCCNc1nc(CC)nc(NCc2ccncc2)c1C. The van der Waals surface area contributed by atoms with Crippen molar-refractivity contribution in [2.45, 2.75) is 40.2 Å². The Morgan fingerprint density at radius 1 is 1.00 bits per heavy atom. The molecule has 0 fully saturated rings. The van der Waals surface area contributed by atoms with E-state index in [0.29, 0.717) is 0 Å². The average Bonchev–Trinajstić information content (AvgIpc) is 2.53. The van der Waals surface area contributed by atoms with Crippen molar-refractivity contribution in [1.29, 1.82) is 0 Å². The molecule has 5 nitrogen and oxygen atoms in total. The first kappa shape index (κ1) is 15.2. The molecule has 0 aliphatic heterocycles. The van der Waals surface area contributed by atoms with Crippen LogP contribution >= 0.6 is 0 Å². The molecule has 0 aliphatic rings. The van der Waals surface area contributed by atoms with Crippen LogP contribution in [0.2, 0.25) is 0 Å². The van der Waals surface area contributed by atoms with Crippen molar-refractivity contribution in [1.82, 2.24) is 15.0 Å². The fourth-order valence-electron chi connectivity index (χ4n) is 2.00. The number of pyridine rings is 1. The number of hydrogen-bond acceptors (Lipinski definition) is 5. The standard InChI is InChI=1S/C16H23N5/c1-4-8-18-15-12(3)16(21-14(5-2)20-15)19-11-13-6-9-17-10-7-13/h6-7,9-10H,4-5,8,11H2,1-3H3,(H2,18,19,20,21). The summed E-state index contributed by atoms with van der Waals surface area (Å²) in [6.45, 7) is 7.92. The van der Waals surface area contributed by atoms with Crippen molar-refractivity contribution >= 4 is 11.6 Å². The molecule has 0 aromatic carbocycles. The van der Waals surface area contributed by atoms with Crippen LogP contribution in [-0.4, -0.2) is 21.5 Å². The van der Waals surface area contributed by atoms with Gasteiger partial charge in [-0.05, 0) is 31.0 Å². The summed E-state index contributed by atoms with van der Waals surface area (Å²) in [5.41, 5.74) is 2.25. The van der Waals surface area contributed by atoms with Gasteiger partial charge in [-0.3, -0.25) is 4.98 Å². The van der Waals surface area contributed by atoms with E-state index in [9.17, 15) is 0 Å². The second kappa shape index (κ2) is 7.57. The molecule has 0 amide bonds. The summed E-state index contributed by atoms with van der Waals surface area (Å²) in [6, 6.07) is 4.00. The summed E-state index contributed by atoms with van der Waals surface area (Å²) in [4.78, 5) is 13.2. The van der Waals surface area contributed by atoms with Crippen molar-refractivity contribution in [2.24, 2.45) is 0 Å². The fraction of sp³-hybridized carbons (Fsp3) is 0.438. The highest BCUT2D eigenvalue weighted by Gasteiger charge is 2.09. The van der Waals surface area contributed by atoms with Gasteiger partial charge in [-0.25, -0.2) is 9.97 Å². The van der Waals surface area contributed by atoms with Crippen LogP contribution < -0.4 is 10.6 Å². The van der Waals surface area contributed by atoms with E-state index in [4.69, 9.17) is 0 Å². The lowest BCUT2D eigenvalue weighted by atomic mass is 10.2. The topological polar surface area (TPSA) is 62.7 Å². The zero-order valence-electron chi connectivity index (χ0n) is 13.0. The Morgan fingerprint density at radius 3 is 2.29 bits per heavy atom. The molecular formula is C16H23N5. The van der Waals surface area contributed by atoms with Crippen molar-refractivity contribution in [3.05, 3.63) is 41.5 Å². The quantitative estimate of drug-likeness (QED) is 0.818. The zero-order chi connectivity index (χ0) is 15.1. The minimum atomic E-state index is 0.733. The van der Waals surface area contributed by atoms with Gasteiger partial charge in [0.25, 0.3) is 0 Å². The number of aryl methyl sites for hydroxylation is 1. The van der Waals surface area contributed by atoms with Crippen molar-refractivity contribution < 1.29 is 0 Å². The third-order valence-electron chi connectivity index (χ3n) is 3.26. The van der Waals surface area contributed by atoms with E-state index in [1.807, 2.05) is 19.1 Å². The molecule has 0 bridgehead atoms. The Morgan fingerprint density at radius 2 is 1.67 bits per heavy atom. The van der Waals surface area contributed by atoms with Crippen molar-refractivity contribution in [3.8, 4) is 0 Å². The second-order valence-corrected chi connectivity index (χ2v) is 4.95. The molecule has 2 rings (SSSR count). The number of nitrogens with zero attached hydrogens (tertiary/aromatic N) is 3. The highest BCUT2D eigenvalue weighted by molar-refractivity contribution is 5.57. The summed E-state index contributed by atoms with van der Waals surface area (Å²) < 4.78 is 0. The van der Waals surface area contributed by atoms with Crippen LogP contribution in [0.5, 0.6) is 0 Å². The third kappa shape index (κ3) is 4.15. The predicted octanol–water partition coefficient (Wildman–Crippen LogP) is 3.18. The summed E-state index contributed by atoms with van der Waals surface area (Å²) in [6.07, 6.45) is 5.50. The number of rotatable bonds is 7. The molecule has 0 aliphatic carbocycles. The highest BCUT2D eigenvalue weighted by atomic mass is 15.1. The van der Waals surface area contributed by atoms with E-state index in [-0.39, 0.29) is 0 Å². The molecule has 2 aromatic heterocycles. The molecule has 21 heavy (non-hydrogen) atoms. The maximum absolute atomic E-state index is 4.60. The molecule has 2 aromatic rings. The summed E-state index contributed by atoms with van der Waals surface area (Å²) in [5.74, 6) is 2.69. The normalized spacial score (nSPS) is 10.4. The molecule has 5 heteroatoms. The van der Waals surface area contributed by atoms with Gasteiger partial charge in [-0.1, -0.05) is 13.8 Å². The van der Waals surface area contributed by atoms with E-state index in [1.54, 1.807) is 12.4 Å². The Bertz CT molecular complexity index is 568. The molecule has 0 saturated heterocycles. The number of hydrogen-bond donors (Lipinski definition) is 2. The van der Waals surface area contributed by atoms with E-state index >= 15 is 0 Å². The van der Waals surface area contributed by atoms with Crippen LogP contribution in [0.25, 0.3) is 0 Å². The van der Waals surface area contributed by atoms with Gasteiger partial charge in [0, 0.05) is 37.5 Å². The minimum absolute atomic E-state index is 0.733. The fourth-order valence-corrected chi connectivity index (χ4v) is 2.00. The Labute approximate surface area is 126 Å². The lowest BCUT2D eigenvalue weighted by molar-refractivity contribution is 0.903. The van der Waals surface area contributed by atoms with Crippen LogP contribution in [0.15, 0.2) is 24.5 Å². The molecule has 112 valence electrons. The smallest absolute Gasteiger partial charge is 0.135 e. The van der Waals surface area contributed by atoms with Gasteiger partial charge >= 0.3 is 0 Å². The third-order valence-corrected chi connectivity index (χ3v) is 3.26. The lowest BCUT2D eigenvalue weighted by Crippen LogP contribution is -2.11. The van der Waals surface area contributed by atoms with Gasteiger partial charge in [0.15, 0.2) is 0 Å². The van der Waals surface area contributed by atoms with Crippen molar-refractivity contribution in [3.63, 3.8) is 0 Å². The second-order valence-electron chi connectivity index (χ2n) is 4.95. The van der Waals surface area contributed by atoms with Gasteiger partial charge in [0.1, 0.15) is 17.5 Å². The molecule has 0 unspecified atom stereocenters. The van der Waals surface area contributed by atoms with Crippen LogP contribution in [0, 0.1) is 6.92 Å². The number of nitrogens with one attached hydrogen (secondary N) is 2. The minimum Gasteiger partial charge on any atom is -0.370 e. The van der Waals surface area contributed by atoms with E-state index in [0.717, 1.165) is 49.0 Å². The van der Waals surface area contributed by atoms with Gasteiger partial charge in [-0.15, -0.1) is 0 Å². The molecule has 0 saturated carbocycles. The van der Waals surface area contributed by atoms with Gasteiger partial charge in [0.05, 0.1) is 0 Å². The number of aromatic nitrogens is 3. The first-order valence-corrected chi connectivity index (χ1v) is 7.48. The van der Waals surface area contributed by atoms with Crippen LogP contribution in [0.1, 0.15) is 37.2 Å². The average molecular weight is 285 g/mol. The summed E-state index contributed by atoms with van der Waals surface area (Å²) >= 11 is 0. The molecule has 2 heterocycles. The molecule has 0 atom stereocenters. The monoisotopic (exact) mass is 285 g/mol. The maximum atomic E-state index is 4.60. The van der Waals surface area contributed by atoms with Crippen LogP contribution in [0.4, 0.5) is 11.6 Å². The largest absolute Gasteiger partial charge is 0.370 e. The summed E-state index contributed by atoms with van der Waals surface area (Å²) in [7, 11) is 0. The predicted molar refractivity (Wildman–Crippen MR) is 86.5 cm³/mol. The highest BCUT2D eigenvalue weighted by Crippen LogP contribution is 2.21. The Kier molecular flexibility index (Phi) is 5.49. The molecular weight excluding hydrogens is 262 g/mol. The van der Waals surface area contributed by atoms with Gasteiger partial charge in [-0.2, -0.15) is 0 Å². The Balaban J connectivity index is 2.17. The van der Waals surface area contributed by atoms with E-state index < -0.39 is 0 Å². The van der Waals surface area contributed by atoms with E-state index in [2.05, 4.69) is 39.4 Å². The Hall–Kier alpha value is -2.17. The zero-order valence-corrected chi connectivity index (χ0v) is 13.0. The van der Waals surface area contributed by atoms with Crippen LogP contribution in [-0.2, 0) is 13.0 Å². The van der Waals surface area contributed by atoms with Gasteiger partial charge in [0.2, 0.25) is 0 Å². The molecule has 0 spiro atoms. The molecule has 2 N–H and O–H groups in total. The van der Waals surface area contributed by atoms with Gasteiger partial charge < -0.3 is 10.6 Å². The first-order valence-electron chi connectivity index (χ1n) is 7.48. The van der Waals surface area contributed by atoms with Crippen molar-refractivity contribution in [2.75, 3.05) is 17.2 Å². The number of anilines is 2. The molecule has 0 radical (unpaired) electrons. The van der Waals surface area contributed by atoms with E-state index in [1.165, 1.54) is 5.56 Å².